The van der Waals surface area contributed by atoms with Crippen molar-refractivity contribution in [3.05, 3.63) is 52.9 Å². The molecule has 26 heavy (non-hydrogen) atoms. The highest BCUT2D eigenvalue weighted by Gasteiger charge is 2.37. The molecule has 5 nitrogen and oxygen atoms in total. The quantitative estimate of drug-likeness (QED) is 0.590. The Morgan fingerprint density at radius 1 is 1.12 bits per heavy atom. The van der Waals surface area contributed by atoms with Gasteiger partial charge in [0.05, 0.1) is 18.1 Å². The molecule has 1 aromatic heterocycles. The smallest absolute Gasteiger partial charge is 0.281 e. The maximum Gasteiger partial charge on any atom is 0.281 e. The Labute approximate surface area is 159 Å². The number of ether oxygens (including phenoxy) is 1. The first kappa shape index (κ1) is 17.4. The monoisotopic (exact) mass is 390 g/mol. The Morgan fingerprint density at radius 3 is 2.58 bits per heavy atom. The van der Waals surface area contributed by atoms with Crippen molar-refractivity contribution in [1.29, 1.82) is 0 Å². The fraction of sp³-hybridized carbons (Fsp3) is 0.222. The van der Waals surface area contributed by atoms with Crippen molar-refractivity contribution < 1.29 is 18.3 Å². The van der Waals surface area contributed by atoms with Gasteiger partial charge in [-0.2, -0.15) is 0 Å². The van der Waals surface area contributed by atoms with Crippen molar-refractivity contribution in [1.82, 2.24) is 10.0 Å². The summed E-state index contributed by atoms with van der Waals surface area (Å²) in [7, 11) is 0. The number of thioether (sulfide) groups is 1. The van der Waals surface area contributed by atoms with Gasteiger partial charge in [-0.1, -0.05) is 24.0 Å². The van der Waals surface area contributed by atoms with Gasteiger partial charge in [0, 0.05) is 24.7 Å². The Morgan fingerprint density at radius 2 is 1.85 bits per heavy atom. The van der Waals surface area contributed by atoms with Gasteiger partial charge in [0.2, 0.25) is 0 Å². The second kappa shape index (κ2) is 7.32. The molecule has 3 heterocycles. The molecule has 8 heteroatoms. The van der Waals surface area contributed by atoms with Crippen molar-refractivity contribution >= 4 is 40.3 Å². The first-order valence-corrected chi connectivity index (χ1v) is 9.30. The van der Waals surface area contributed by atoms with Gasteiger partial charge in [-0.3, -0.25) is 4.79 Å². The summed E-state index contributed by atoms with van der Waals surface area (Å²) in [6.45, 7) is 2.43. The van der Waals surface area contributed by atoms with Gasteiger partial charge in [-0.25, -0.2) is 14.4 Å². The number of furan rings is 1. The Balaban J connectivity index is 1.54. The largest absolute Gasteiger partial charge is 0.457 e. The average molecular weight is 390 g/mol. The zero-order chi connectivity index (χ0) is 18.1. The zero-order valence-corrected chi connectivity index (χ0v) is 15.3. The SMILES string of the molecule is O=C1C(=Cc2ccc(-c3ccc(F)cc3)o2)SC(=S)N1N1CCOCC1. The zero-order valence-electron chi connectivity index (χ0n) is 13.7. The lowest BCUT2D eigenvalue weighted by Gasteiger charge is -2.33. The number of carbonyl (C=O) groups is 1. The van der Waals surface area contributed by atoms with Crippen LogP contribution in [-0.4, -0.2) is 46.5 Å². The van der Waals surface area contributed by atoms with Crippen LogP contribution in [-0.2, 0) is 9.53 Å². The summed E-state index contributed by atoms with van der Waals surface area (Å²) in [5.74, 6) is 0.709. The van der Waals surface area contributed by atoms with E-state index < -0.39 is 0 Å². The summed E-state index contributed by atoms with van der Waals surface area (Å²) >= 11 is 6.62. The third-order valence-corrected chi connectivity index (χ3v) is 5.36. The summed E-state index contributed by atoms with van der Waals surface area (Å²) in [6, 6.07) is 9.63. The van der Waals surface area contributed by atoms with Crippen LogP contribution in [0.1, 0.15) is 5.76 Å². The molecule has 0 bridgehead atoms. The molecule has 2 fully saturated rings. The van der Waals surface area contributed by atoms with Gasteiger partial charge in [-0.15, -0.1) is 0 Å². The molecule has 0 N–H and O–H groups in total. The highest BCUT2D eigenvalue weighted by molar-refractivity contribution is 8.26. The van der Waals surface area contributed by atoms with Crippen molar-refractivity contribution in [2.24, 2.45) is 0 Å². The first-order valence-electron chi connectivity index (χ1n) is 8.08. The highest BCUT2D eigenvalue weighted by Crippen LogP contribution is 2.34. The Bertz CT molecular complexity index is 873. The number of morpholine rings is 1. The van der Waals surface area contributed by atoms with E-state index in [2.05, 4.69) is 0 Å². The minimum absolute atomic E-state index is 0.151. The van der Waals surface area contributed by atoms with Crippen LogP contribution in [0, 0.1) is 5.82 Å². The molecular formula is C18H15FN2O3S2. The lowest BCUT2D eigenvalue weighted by Crippen LogP contribution is -2.50. The lowest BCUT2D eigenvalue weighted by atomic mass is 10.2. The molecular weight excluding hydrogens is 375 g/mol. The first-order chi connectivity index (χ1) is 12.6. The fourth-order valence-corrected chi connectivity index (χ4v) is 4.08. The molecule has 0 radical (unpaired) electrons. The normalized spacial score (nSPS) is 20.3. The molecule has 0 atom stereocenters. The second-order valence-electron chi connectivity index (χ2n) is 5.77. The Hall–Kier alpha value is -2.00. The maximum absolute atomic E-state index is 13.0. The minimum atomic E-state index is -0.299. The van der Waals surface area contributed by atoms with E-state index in [1.54, 1.807) is 30.3 Å². The van der Waals surface area contributed by atoms with Crippen LogP contribution in [0.15, 0.2) is 45.7 Å². The number of hydrogen-bond donors (Lipinski definition) is 0. The van der Waals surface area contributed by atoms with E-state index in [0.29, 0.717) is 47.0 Å². The summed E-state index contributed by atoms with van der Waals surface area (Å²) in [6.07, 6.45) is 1.69. The van der Waals surface area contributed by atoms with E-state index in [0.717, 1.165) is 5.56 Å². The maximum atomic E-state index is 13.0. The van der Waals surface area contributed by atoms with Gasteiger partial charge >= 0.3 is 0 Å². The van der Waals surface area contributed by atoms with Crippen LogP contribution >= 0.6 is 24.0 Å². The molecule has 0 saturated carbocycles. The van der Waals surface area contributed by atoms with Crippen LogP contribution < -0.4 is 0 Å². The van der Waals surface area contributed by atoms with Gasteiger partial charge in [0.15, 0.2) is 4.32 Å². The number of hydrazine groups is 1. The van der Waals surface area contributed by atoms with Crippen LogP contribution in [0.3, 0.4) is 0 Å². The van der Waals surface area contributed by atoms with Gasteiger partial charge in [0.25, 0.3) is 5.91 Å². The molecule has 0 unspecified atom stereocenters. The van der Waals surface area contributed by atoms with Crippen LogP contribution in [0.25, 0.3) is 17.4 Å². The predicted octanol–water partition coefficient (Wildman–Crippen LogP) is 3.53. The fourth-order valence-electron chi connectivity index (χ4n) is 2.79. The van der Waals surface area contributed by atoms with Gasteiger partial charge < -0.3 is 9.15 Å². The van der Waals surface area contributed by atoms with Crippen LogP contribution in [0.4, 0.5) is 4.39 Å². The number of hydrogen-bond acceptors (Lipinski definition) is 6. The summed E-state index contributed by atoms with van der Waals surface area (Å²) in [5, 5.41) is 3.45. The molecule has 0 spiro atoms. The number of rotatable bonds is 3. The topological polar surface area (TPSA) is 45.9 Å². The van der Waals surface area contributed by atoms with Crippen molar-refractivity contribution in [2.45, 2.75) is 0 Å². The molecule has 0 aliphatic carbocycles. The summed E-state index contributed by atoms with van der Waals surface area (Å²) < 4.78 is 24.6. The molecule has 134 valence electrons. The molecule has 2 aliphatic rings. The van der Waals surface area contributed by atoms with E-state index in [9.17, 15) is 9.18 Å². The molecule has 1 amide bonds. The van der Waals surface area contributed by atoms with E-state index in [4.69, 9.17) is 21.4 Å². The van der Waals surface area contributed by atoms with Gasteiger partial charge in [0.1, 0.15) is 17.3 Å². The van der Waals surface area contributed by atoms with Crippen molar-refractivity contribution in [2.75, 3.05) is 26.3 Å². The van der Waals surface area contributed by atoms with Crippen LogP contribution in [0.5, 0.6) is 0 Å². The number of amides is 1. The molecule has 4 rings (SSSR count). The van der Waals surface area contributed by atoms with E-state index in [1.165, 1.54) is 28.9 Å². The standard InChI is InChI=1S/C18H15FN2O3S2/c19-13-3-1-12(2-4-13)15-6-5-14(24-15)11-16-17(22)21(18(25)26-16)20-7-9-23-10-8-20/h1-6,11H,7-10H2. The van der Waals surface area contributed by atoms with E-state index in [-0.39, 0.29) is 11.7 Å². The molecule has 2 saturated heterocycles. The van der Waals surface area contributed by atoms with Crippen molar-refractivity contribution in [3.8, 4) is 11.3 Å². The average Bonchev–Trinajstić information content (AvgIpc) is 3.21. The number of benzene rings is 1. The van der Waals surface area contributed by atoms with Crippen molar-refractivity contribution in [3.63, 3.8) is 0 Å². The second-order valence-corrected chi connectivity index (χ2v) is 7.44. The number of thiocarbonyl (C=S) groups is 1. The van der Waals surface area contributed by atoms with E-state index >= 15 is 0 Å². The van der Waals surface area contributed by atoms with Gasteiger partial charge in [-0.05, 0) is 36.4 Å². The predicted molar refractivity (Wildman–Crippen MR) is 102 cm³/mol. The Kier molecular flexibility index (Phi) is 4.90. The number of nitrogens with zero attached hydrogens (tertiary/aromatic N) is 2. The third kappa shape index (κ3) is 3.45. The molecule has 2 aromatic rings. The summed E-state index contributed by atoms with van der Waals surface area (Å²) in [5.41, 5.74) is 0.770. The minimum Gasteiger partial charge on any atom is -0.457 e. The summed E-state index contributed by atoms with van der Waals surface area (Å²) in [4.78, 5) is 13.2. The number of carbonyl (C=O) groups excluding carboxylic acids is 1. The number of halogens is 1. The molecule has 1 aromatic carbocycles. The molecule has 2 aliphatic heterocycles. The highest BCUT2D eigenvalue weighted by atomic mass is 32.2. The van der Waals surface area contributed by atoms with E-state index in [1.807, 2.05) is 5.01 Å². The third-order valence-electron chi connectivity index (χ3n) is 4.07. The van der Waals surface area contributed by atoms with Crippen LogP contribution in [0.2, 0.25) is 0 Å². The lowest BCUT2D eigenvalue weighted by molar-refractivity contribution is -0.138.